The van der Waals surface area contributed by atoms with Crippen LogP contribution in [0.1, 0.15) is 18.1 Å². The molecule has 0 spiro atoms. The van der Waals surface area contributed by atoms with E-state index in [-0.39, 0.29) is 12.1 Å². The fourth-order valence-corrected chi connectivity index (χ4v) is 2.88. The van der Waals surface area contributed by atoms with E-state index in [0.717, 1.165) is 12.3 Å². The van der Waals surface area contributed by atoms with Crippen LogP contribution in [0.25, 0.3) is 5.70 Å². The first-order valence-corrected chi connectivity index (χ1v) is 10.2. The summed E-state index contributed by atoms with van der Waals surface area (Å²) in [5.41, 5.74) is 1.79. The lowest BCUT2D eigenvalue weighted by Crippen LogP contribution is -2.20. The SMILES string of the molecule is C=C(NC(/C=C\C)=NCc1ccc(F)cc1F)c1cccc(NS(C)(=O)=O)c1. The number of nitrogens with one attached hydrogen (secondary N) is 2. The third-order valence-electron chi connectivity index (χ3n) is 3.55. The first-order chi connectivity index (χ1) is 13.2. The molecule has 0 heterocycles. The lowest BCUT2D eigenvalue weighted by atomic mass is 10.1. The average Bonchev–Trinajstić information content (AvgIpc) is 2.59. The van der Waals surface area contributed by atoms with Crippen LogP contribution in [0.2, 0.25) is 0 Å². The molecule has 8 heteroatoms. The highest BCUT2D eigenvalue weighted by Crippen LogP contribution is 2.17. The topological polar surface area (TPSA) is 70.6 Å². The van der Waals surface area contributed by atoms with Crippen molar-refractivity contribution in [2.24, 2.45) is 4.99 Å². The van der Waals surface area contributed by atoms with Crippen LogP contribution in [0.15, 0.2) is 66.2 Å². The second-order valence-corrected chi connectivity index (χ2v) is 7.74. The molecule has 0 bridgehead atoms. The van der Waals surface area contributed by atoms with Crippen LogP contribution in [0, 0.1) is 11.6 Å². The van der Waals surface area contributed by atoms with Gasteiger partial charge in [0, 0.05) is 23.0 Å². The molecule has 0 atom stereocenters. The van der Waals surface area contributed by atoms with E-state index in [1.807, 2.05) is 0 Å². The Balaban J connectivity index is 2.17. The van der Waals surface area contributed by atoms with Gasteiger partial charge in [-0.1, -0.05) is 30.9 Å². The Morgan fingerprint density at radius 3 is 2.61 bits per heavy atom. The van der Waals surface area contributed by atoms with Gasteiger partial charge >= 0.3 is 0 Å². The van der Waals surface area contributed by atoms with Crippen LogP contribution in [0.4, 0.5) is 14.5 Å². The highest BCUT2D eigenvalue weighted by molar-refractivity contribution is 7.92. The molecule has 0 amide bonds. The van der Waals surface area contributed by atoms with Gasteiger partial charge < -0.3 is 5.32 Å². The summed E-state index contributed by atoms with van der Waals surface area (Å²) in [5.74, 6) is -0.882. The monoisotopic (exact) mass is 405 g/mol. The van der Waals surface area contributed by atoms with Gasteiger partial charge in [0.1, 0.15) is 17.5 Å². The second-order valence-electron chi connectivity index (χ2n) is 6.00. The first kappa shape index (κ1) is 21.3. The molecule has 5 nitrogen and oxygen atoms in total. The zero-order valence-electron chi connectivity index (χ0n) is 15.5. The van der Waals surface area contributed by atoms with E-state index in [2.05, 4.69) is 21.6 Å². The summed E-state index contributed by atoms with van der Waals surface area (Å²) in [6.45, 7) is 5.76. The summed E-state index contributed by atoms with van der Waals surface area (Å²) in [4.78, 5) is 4.31. The molecule has 0 radical (unpaired) electrons. The quantitative estimate of drug-likeness (QED) is 0.539. The van der Waals surface area contributed by atoms with Crippen LogP contribution in [0.5, 0.6) is 0 Å². The molecule has 0 saturated carbocycles. The summed E-state index contributed by atoms with van der Waals surface area (Å²) in [7, 11) is -3.39. The van der Waals surface area contributed by atoms with Crippen molar-refractivity contribution < 1.29 is 17.2 Å². The fourth-order valence-electron chi connectivity index (χ4n) is 2.32. The molecule has 0 aliphatic heterocycles. The maximum absolute atomic E-state index is 13.8. The van der Waals surface area contributed by atoms with Crippen molar-refractivity contribution in [3.05, 3.63) is 84.0 Å². The molecule has 2 rings (SSSR count). The Kier molecular flexibility index (Phi) is 7.06. The predicted octanol–water partition coefficient (Wildman–Crippen LogP) is 4.07. The van der Waals surface area contributed by atoms with E-state index in [9.17, 15) is 17.2 Å². The molecule has 28 heavy (non-hydrogen) atoms. The number of aliphatic imine (C=N–C) groups is 1. The van der Waals surface area contributed by atoms with Gasteiger partial charge in [0.2, 0.25) is 10.0 Å². The van der Waals surface area contributed by atoms with Gasteiger partial charge in [-0.3, -0.25) is 9.71 Å². The standard InChI is InChI=1S/C20H21F2N3O2S/c1-4-6-20(23-13-16-9-10-17(21)12-19(16)22)24-14(2)15-7-5-8-18(11-15)25-28(3,26)27/h4-12,25H,2,13H2,1,3H3,(H,23,24)/b6-4-. The maximum Gasteiger partial charge on any atom is 0.229 e. The number of rotatable bonds is 7. The predicted molar refractivity (Wildman–Crippen MR) is 109 cm³/mol. The molecule has 0 unspecified atom stereocenters. The van der Waals surface area contributed by atoms with E-state index >= 15 is 0 Å². The summed E-state index contributed by atoms with van der Waals surface area (Å²) in [6, 6.07) is 10.0. The highest BCUT2D eigenvalue weighted by atomic mass is 32.2. The Morgan fingerprint density at radius 1 is 1.21 bits per heavy atom. The average molecular weight is 405 g/mol. The molecule has 2 aromatic rings. The summed E-state index contributed by atoms with van der Waals surface area (Å²) in [6.07, 6.45) is 4.51. The molecule has 2 N–H and O–H groups in total. The number of hydrogen-bond acceptors (Lipinski definition) is 3. The van der Waals surface area contributed by atoms with E-state index < -0.39 is 21.7 Å². The van der Waals surface area contributed by atoms with Gasteiger partial charge in [-0.15, -0.1) is 0 Å². The number of hydrogen-bond donors (Lipinski definition) is 2. The normalized spacial score (nSPS) is 12.2. The molecular formula is C20H21F2N3O2S. The van der Waals surface area contributed by atoms with Gasteiger partial charge in [-0.25, -0.2) is 17.2 Å². The van der Waals surface area contributed by atoms with E-state index in [1.54, 1.807) is 43.3 Å². The van der Waals surface area contributed by atoms with Crippen molar-refractivity contribution in [3.63, 3.8) is 0 Å². The number of benzene rings is 2. The lowest BCUT2D eigenvalue weighted by molar-refractivity contribution is 0.572. The molecule has 0 aliphatic rings. The van der Waals surface area contributed by atoms with Crippen molar-refractivity contribution in [2.45, 2.75) is 13.5 Å². The third-order valence-corrected chi connectivity index (χ3v) is 4.16. The van der Waals surface area contributed by atoms with Gasteiger partial charge in [-0.05, 0) is 36.8 Å². The van der Waals surface area contributed by atoms with Crippen molar-refractivity contribution >= 4 is 27.2 Å². The van der Waals surface area contributed by atoms with Crippen molar-refractivity contribution in [1.82, 2.24) is 5.32 Å². The second kappa shape index (κ2) is 9.27. The van der Waals surface area contributed by atoms with E-state index in [0.29, 0.717) is 22.8 Å². The van der Waals surface area contributed by atoms with Gasteiger partial charge in [-0.2, -0.15) is 0 Å². The minimum atomic E-state index is -3.39. The van der Waals surface area contributed by atoms with Crippen LogP contribution in [0.3, 0.4) is 0 Å². The van der Waals surface area contributed by atoms with Crippen LogP contribution >= 0.6 is 0 Å². The number of allylic oxidation sites excluding steroid dienone is 1. The Hall–Kier alpha value is -3.00. The number of sulfonamides is 1. The first-order valence-electron chi connectivity index (χ1n) is 8.33. The van der Waals surface area contributed by atoms with Crippen LogP contribution in [-0.4, -0.2) is 20.5 Å². The number of anilines is 1. The molecule has 148 valence electrons. The minimum absolute atomic E-state index is 0.0156. The van der Waals surface area contributed by atoms with E-state index in [1.165, 1.54) is 12.1 Å². The minimum Gasteiger partial charge on any atom is -0.341 e. The Labute approximate surface area is 163 Å². The number of halogens is 2. The Bertz CT molecular complexity index is 1030. The van der Waals surface area contributed by atoms with Gasteiger partial charge in [0.05, 0.1) is 12.8 Å². The molecule has 0 aliphatic carbocycles. The highest BCUT2D eigenvalue weighted by Gasteiger charge is 2.07. The summed E-state index contributed by atoms with van der Waals surface area (Å²) in [5, 5.41) is 3.02. The molecule has 0 aromatic heterocycles. The molecule has 2 aromatic carbocycles. The maximum atomic E-state index is 13.8. The fraction of sp³-hybridized carbons (Fsp3) is 0.150. The zero-order chi connectivity index (χ0) is 20.7. The van der Waals surface area contributed by atoms with Gasteiger partial charge in [0.15, 0.2) is 0 Å². The lowest BCUT2D eigenvalue weighted by Gasteiger charge is -2.12. The van der Waals surface area contributed by atoms with Crippen LogP contribution in [-0.2, 0) is 16.6 Å². The smallest absolute Gasteiger partial charge is 0.229 e. The number of nitrogens with zero attached hydrogens (tertiary/aromatic N) is 1. The molecule has 0 saturated heterocycles. The van der Waals surface area contributed by atoms with Crippen molar-refractivity contribution in [3.8, 4) is 0 Å². The third kappa shape index (κ3) is 6.62. The largest absolute Gasteiger partial charge is 0.341 e. The molecular weight excluding hydrogens is 384 g/mol. The zero-order valence-corrected chi connectivity index (χ0v) is 16.4. The summed E-state index contributed by atoms with van der Waals surface area (Å²) < 4.78 is 51.9. The van der Waals surface area contributed by atoms with Gasteiger partial charge in [0.25, 0.3) is 0 Å². The molecule has 0 fully saturated rings. The van der Waals surface area contributed by atoms with Crippen molar-refractivity contribution in [1.29, 1.82) is 0 Å². The number of amidine groups is 1. The van der Waals surface area contributed by atoms with Crippen molar-refractivity contribution in [2.75, 3.05) is 11.0 Å². The van der Waals surface area contributed by atoms with Crippen LogP contribution < -0.4 is 10.0 Å². The van der Waals surface area contributed by atoms with E-state index in [4.69, 9.17) is 0 Å². The summed E-state index contributed by atoms with van der Waals surface area (Å²) >= 11 is 0. The Morgan fingerprint density at radius 2 is 1.96 bits per heavy atom.